The zero-order chi connectivity index (χ0) is 20.9. The van der Waals surface area contributed by atoms with Crippen LogP contribution < -0.4 is 4.74 Å². The lowest BCUT2D eigenvalue weighted by Gasteiger charge is -2.11. The molecule has 0 radical (unpaired) electrons. The zero-order valence-corrected chi connectivity index (χ0v) is 17.4. The number of likely N-dealkylation sites (N-methyl/N-ethyl adjacent to an activating group) is 1. The summed E-state index contributed by atoms with van der Waals surface area (Å²) in [5, 5.41) is 8.54. The summed E-state index contributed by atoms with van der Waals surface area (Å²) >= 11 is 0. The van der Waals surface area contributed by atoms with Crippen LogP contribution in [0.3, 0.4) is 0 Å². The fraction of sp³-hybridized carbons (Fsp3) is 0.217. The third-order valence-corrected chi connectivity index (χ3v) is 4.70. The van der Waals surface area contributed by atoms with Crippen LogP contribution in [0.4, 0.5) is 0 Å². The van der Waals surface area contributed by atoms with Crippen molar-refractivity contribution in [3.05, 3.63) is 72.7 Å². The Bertz CT molecular complexity index is 1110. The molecule has 0 saturated carbocycles. The highest BCUT2D eigenvalue weighted by Crippen LogP contribution is 2.28. The molecule has 4 aromatic rings. The van der Waals surface area contributed by atoms with Gasteiger partial charge in [0.15, 0.2) is 5.82 Å². The first-order valence-corrected chi connectivity index (χ1v) is 9.80. The Labute approximate surface area is 176 Å². The van der Waals surface area contributed by atoms with Gasteiger partial charge >= 0.3 is 0 Å². The van der Waals surface area contributed by atoms with Crippen molar-refractivity contribution in [1.29, 1.82) is 0 Å². The molecule has 7 nitrogen and oxygen atoms in total. The summed E-state index contributed by atoms with van der Waals surface area (Å²) in [7, 11) is 4.06. The van der Waals surface area contributed by atoms with Gasteiger partial charge < -0.3 is 9.64 Å². The Kier molecular flexibility index (Phi) is 5.81. The molecule has 0 unspecified atom stereocenters. The molecule has 3 aromatic heterocycles. The molecular weight excluding hydrogens is 376 g/mol. The lowest BCUT2D eigenvalue weighted by atomic mass is 10.1. The number of hydrogen-bond acceptors (Lipinski definition) is 6. The maximum atomic E-state index is 5.78. The van der Waals surface area contributed by atoms with Crippen LogP contribution in [0.1, 0.15) is 5.69 Å². The number of rotatable bonds is 7. The number of ether oxygens (including phenoxy) is 1. The van der Waals surface area contributed by atoms with Gasteiger partial charge in [0, 0.05) is 30.1 Å². The summed E-state index contributed by atoms with van der Waals surface area (Å²) in [5.41, 5.74) is 4.62. The molecular formula is C23H24N6O. The minimum absolute atomic E-state index is 0.657. The molecule has 0 aliphatic carbocycles. The largest absolute Gasteiger partial charge is 0.492 e. The molecule has 30 heavy (non-hydrogen) atoms. The van der Waals surface area contributed by atoms with E-state index >= 15 is 0 Å². The van der Waals surface area contributed by atoms with E-state index in [0.717, 1.165) is 46.3 Å². The molecule has 0 saturated heterocycles. The molecule has 0 atom stereocenters. The third kappa shape index (κ3) is 4.36. The molecule has 1 aromatic carbocycles. The van der Waals surface area contributed by atoms with Crippen LogP contribution in [0.15, 0.2) is 67.0 Å². The van der Waals surface area contributed by atoms with E-state index in [2.05, 4.69) is 25.2 Å². The molecule has 0 bridgehead atoms. The summed E-state index contributed by atoms with van der Waals surface area (Å²) in [6.07, 6.45) is 3.55. The monoisotopic (exact) mass is 400 g/mol. The van der Waals surface area contributed by atoms with Crippen molar-refractivity contribution in [3.63, 3.8) is 0 Å². The quantitative estimate of drug-likeness (QED) is 0.472. The van der Waals surface area contributed by atoms with Gasteiger partial charge in [-0.2, -0.15) is 4.68 Å². The number of benzene rings is 1. The van der Waals surface area contributed by atoms with Crippen LogP contribution in [-0.4, -0.2) is 57.1 Å². The van der Waals surface area contributed by atoms with Gasteiger partial charge in [0.25, 0.3) is 0 Å². The minimum atomic E-state index is 0.657. The Balaban J connectivity index is 1.61. The Morgan fingerprint density at radius 2 is 1.77 bits per heavy atom. The highest BCUT2D eigenvalue weighted by Gasteiger charge is 2.15. The molecule has 0 aliphatic rings. The van der Waals surface area contributed by atoms with Gasteiger partial charge in [0.1, 0.15) is 12.4 Å². The molecule has 7 heteroatoms. The van der Waals surface area contributed by atoms with Gasteiger partial charge in [-0.3, -0.25) is 4.98 Å². The number of hydrogen-bond donors (Lipinski definition) is 0. The lowest BCUT2D eigenvalue weighted by molar-refractivity contribution is 0.261. The van der Waals surface area contributed by atoms with Crippen LogP contribution in [-0.2, 0) is 0 Å². The summed E-state index contributed by atoms with van der Waals surface area (Å²) in [4.78, 5) is 11.0. The van der Waals surface area contributed by atoms with Crippen molar-refractivity contribution >= 4 is 0 Å². The normalized spacial score (nSPS) is 11.1. The molecule has 0 spiro atoms. The summed E-state index contributed by atoms with van der Waals surface area (Å²) in [6.45, 7) is 3.48. The first-order chi connectivity index (χ1) is 14.6. The second-order valence-corrected chi connectivity index (χ2v) is 7.23. The van der Waals surface area contributed by atoms with E-state index < -0.39 is 0 Å². The molecule has 0 aliphatic heterocycles. The SMILES string of the molecule is Cc1nnn(-c2ccccn2)c1-c1ccnc(-c2ccc(OCCN(C)C)cc2)c1. The predicted octanol–water partition coefficient (Wildman–Crippen LogP) is 3.64. The van der Waals surface area contributed by atoms with Crippen molar-refractivity contribution in [3.8, 4) is 34.1 Å². The summed E-state index contributed by atoms with van der Waals surface area (Å²) in [5.74, 6) is 1.58. The van der Waals surface area contributed by atoms with Crippen molar-refractivity contribution < 1.29 is 4.74 Å². The van der Waals surface area contributed by atoms with E-state index in [4.69, 9.17) is 4.74 Å². The zero-order valence-electron chi connectivity index (χ0n) is 17.4. The Morgan fingerprint density at radius 3 is 2.50 bits per heavy atom. The van der Waals surface area contributed by atoms with Gasteiger partial charge in [-0.1, -0.05) is 11.3 Å². The highest BCUT2D eigenvalue weighted by molar-refractivity contribution is 5.70. The first-order valence-electron chi connectivity index (χ1n) is 9.80. The van der Waals surface area contributed by atoms with E-state index in [9.17, 15) is 0 Å². The smallest absolute Gasteiger partial charge is 0.155 e. The maximum absolute atomic E-state index is 5.78. The second kappa shape index (κ2) is 8.84. The van der Waals surface area contributed by atoms with Crippen LogP contribution in [0.5, 0.6) is 5.75 Å². The van der Waals surface area contributed by atoms with Crippen molar-refractivity contribution in [2.24, 2.45) is 0 Å². The van der Waals surface area contributed by atoms with E-state index in [1.807, 2.05) is 75.6 Å². The van der Waals surface area contributed by atoms with Crippen molar-refractivity contribution in [1.82, 2.24) is 29.9 Å². The first kappa shape index (κ1) is 19.7. The number of pyridine rings is 2. The van der Waals surface area contributed by atoms with Crippen molar-refractivity contribution in [2.45, 2.75) is 6.92 Å². The van der Waals surface area contributed by atoms with Crippen molar-refractivity contribution in [2.75, 3.05) is 27.2 Å². The summed E-state index contributed by atoms with van der Waals surface area (Å²) < 4.78 is 7.54. The third-order valence-electron chi connectivity index (χ3n) is 4.70. The van der Waals surface area contributed by atoms with E-state index in [0.29, 0.717) is 6.61 Å². The van der Waals surface area contributed by atoms with Gasteiger partial charge in [-0.25, -0.2) is 4.98 Å². The predicted molar refractivity (Wildman–Crippen MR) is 117 cm³/mol. The van der Waals surface area contributed by atoms with Crippen LogP contribution in [0.25, 0.3) is 28.3 Å². The number of aryl methyl sites for hydroxylation is 1. The number of aromatic nitrogens is 5. The Morgan fingerprint density at radius 1 is 0.933 bits per heavy atom. The molecule has 0 fully saturated rings. The average molecular weight is 400 g/mol. The van der Waals surface area contributed by atoms with Gasteiger partial charge in [-0.15, -0.1) is 5.10 Å². The van der Waals surface area contributed by atoms with Crippen LogP contribution in [0, 0.1) is 6.92 Å². The standard InChI is InChI=1S/C23H24N6O/c1-17-23(29(27-26-17)22-6-4-5-12-25-22)19-11-13-24-21(16-19)18-7-9-20(10-8-18)30-15-14-28(2)3/h4-13,16H,14-15H2,1-3H3. The van der Waals surface area contributed by atoms with E-state index in [1.165, 1.54) is 0 Å². The molecule has 3 heterocycles. The highest BCUT2D eigenvalue weighted by atomic mass is 16.5. The van der Waals surface area contributed by atoms with E-state index in [1.54, 1.807) is 17.1 Å². The van der Waals surface area contributed by atoms with Gasteiger partial charge in [0.2, 0.25) is 0 Å². The lowest BCUT2D eigenvalue weighted by Crippen LogP contribution is -2.19. The molecule has 0 amide bonds. The topological polar surface area (TPSA) is 69.0 Å². The Hall–Kier alpha value is -3.58. The van der Waals surface area contributed by atoms with Gasteiger partial charge in [-0.05, 0) is 69.6 Å². The second-order valence-electron chi connectivity index (χ2n) is 7.23. The maximum Gasteiger partial charge on any atom is 0.155 e. The number of nitrogens with zero attached hydrogens (tertiary/aromatic N) is 6. The fourth-order valence-electron chi connectivity index (χ4n) is 3.13. The minimum Gasteiger partial charge on any atom is -0.492 e. The molecule has 4 rings (SSSR count). The van der Waals surface area contributed by atoms with Crippen LogP contribution in [0.2, 0.25) is 0 Å². The van der Waals surface area contributed by atoms with Crippen LogP contribution >= 0.6 is 0 Å². The average Bonchev–Trinajstić information content (AvgIpc) is 3.16. The molecule has 0 N–H and O–H groups in total. The molecule has 152 valence electrons. The van der Waals surface area contributed by atoms with E-state index in [-0.39, 0.29) is 0 Å². The summed E-state index contributed by atoms with van der Waals surface area (Å²) in [6, 6.07) is 17.7. The van der Waals surface area contributed by atoms with Gasteiger partial charge in [0.05, 0.1) is 17.1 Å². The fourth-order valence-corrected chi connectivity index (χ4v) is 3.13.